The molecule has 0 bridgehead atoms. The number of ether oxygens (including phenoxy) is 1. The summed E-state index contributed by atoms with van der Waals surface area (Å²) in [5, 5.41) is 10.1. The summed E-state index contributed by atoms with van der Waals surface area (Å²) < 4.78 is 31.0. The maximum absolute atomic E-state index is 12.6. The summed E-state index contributed by atoms with van der Waals surface area (Å²) in [6.45, 7) is 3.64. The van der Waals surface area contributed by atoms with Crippen LogP contribution >= 0.6 is 0 Å². The Morgan fingerprint density at radius 1 is 1.00 bits per heavy atom. The summed E-state index contributed by atoms with van der Waals surface area (Å²) in [4.78, 5) is 0.344. The van der Waals surface area contributed by atoms with E-state index in [0.717, 1.165) is 0 Å². The molecule has 0 fully saturated rings. The van der Waals surface area contributed by atoms with Crippen molar-refractivity contribution in [1.82, 2.24) is 0 Å². The normalized spacial score (nSPS) is 16.4. The number of aliphatic hydroxyl groups is 1. The molecule has 0 atom stereocenters. The molecule has 0 unspecified atom stereocenters. The van der Waals surface area contributed by atoms with Gasteiger partial charge in [0.1, 0.15) is 17.1 Å². The second-order valence-electron chi connectivity index (χ2n) is 5.71. The SMILES string of the molecule is CC1(C)C=C(O)c2cc(S(=O)(=O)c3ccccc3)ccc2O1. The van der Waals surface area contributed by atoms with Crippen LogP contribution in [0.4, 0.5) is 0 Å². The van der Waals surface area contributed by atoms with E-state index in [1.807, 2.05) is 13.8 Å². The Hall–Kier alpha value is -2.27. The molecule has 2 aromatic rings. The number of sulfone groups is 1. The molecule has 3 rings (SSSR count). The highest BCUT2D eigenvalue weighted by Gasteiger charge is 2.28. The summed E-state index contributed by atoms with van der Waals surface area (Å²) in [6.07, 6.45) is 1.56. The number of hydrogen-bond acceptors (Lipinski definition) is 4. The fourth-order valence-electron chi connectivity index (χ4n) is 2.42. The van der Waals surface area contributed by atoms with E-state index in [1.165, 1.54) is 12.1 Å². The van der Waals surface area contributed by atoms with Crippen LogP contribution in [0, 0.1) is 0 Å². The lowest BCUT2D eigenvalue weighted by molar-refractivity contribution is 0.153. The molecule has 2 aromatic carbocycles. The van der Waals surface area contributed by atoms with E-state index < -0.39 is 15.4 Å². The lowest BCUT2D eigenvalue weighted by Crippen LogP contribution is -2.29. The largest absolute Gasteiger partial charge is 0.507 e. The first kappa shape index (κ1) is 14.7. The zero-order chi connectivity index (χ0) is 16.0. The van der Waals surface area contributed by atoms with Gasteiger partial charge in [-0.15, -0.1) is 0 Å². The van der Waals surface area contributed by atoms with Crippen LogP contribution in [0.25, 0.3) is 5.76 Å². The van der Waals surface area contributed by atoms with Gasteiger partial charge >= 0.3 is 0 Å². The van der Waals surface area contributed by atoms with Gasteiger partial charge in [-0.2, -0.15) is 0 Å². The molecule has 0 saturated heterocycles. The second-order valence-corrected chi connectivity index (χ2v) is 7.66. The van der Waals surface area contributed by atoms with Crippen molar-refractivity contribution in [2.45, 2.75) is 29.2 Å². The first-order valence-electron chi connectivity index (χ1n) is 6.85. The Bertz CT molecular complexity index is 849. The van der Waals surface area contributed by atoms with Gasteiger partial charge in [-0.25, -0.2) is 8.42 Å². The number of rotatable bonds is 2. The molecule has 0 aromatic heterocycles. The van der Waals surface area contributed by atoms with Crippen molar-refractivity contribution >= 4 is 15.6 Å². The van der Waals surface area contributed by atoms with Gasteiger partial charge < -0.3 is 9.84 Å². The van der Waals surface area contributed by atoms with Gasteiger partial charge in [0.25, 0.3) is 0 Å². The molecule has 1 N–H and O–H groups in total. The van der Waals surface area contributed by atoms with Crippen molar-refractivity contribution in [3.05, 3.63) is 60.2 Å². The van der Waals surface area contributed by atoms with Gasteiger partial charge in [0.15, 0.2) is 0 Å². The third-order valence-corrected chi connectivity index (χ3v) is 5.22. The lowest BCUT2D eigenvalue weighted by atomic mass is 10.0. The molecule has 0 saturated carbocycles. The van der Waals surface area contributed by atoms with Crippen molar-refractivity contribution < 1.29 is 18.3 Å². The molecule has 22 heavy (non-hydrogen) atoms. The number of fused-ring (bicyclic) bond motifs is 1. The third kappa shape index (κ3) is 2.48. The van der Waals surface area contributed by atoms with Crippen LogP contribution in [0.5, 0.6) is 5.75 Å². The summed E-state index contributed by atoms with van der Waals surface area (Å²) in [5.74, 6) is 0.494. The summed E-state index contributed by atoms with van der Waals surface area (Å²) in [6, 6.07) is 12.7. The number of hydrogen-bond donors (Lipinski definition) is 1. The van der Waals surface area contributed by atoms with Gasteiger partial charge in [0, 0.05) is 6.08 Å². The zero-order valence-electron chi connectivity index (χ0n) is 12.3. The van der Waals surface area contributed by atoms with Crippen molar-refractivity contribution in [2.24, 2.45) is 0 Å². The Morgan fingerprint density at radius 2 is 1.68 bits per heavy atom. The molecule has 0 aliphatic carbocycles. The standard InChI is InChI=1S/C17H16O4S/c1-17(2)11-15(18)14-10-13(8-9-16(14)21-17)22(19,20)12-6-4-3-5-7-12/h3-11,18H,1-2H3. The topological polar surface area (TPSA) is 63.6 Å². The van der Waals surface area contributed by atoms with Crippen LogP contribution in [-0.2, 0) is 9.84 Å². The quantitative estimate of drug-likeness (QED) is 0.919. The van der Waals surface area contributed by atoms with Gasteiger partial charge in [-0.3, -0.25) is 0 Å². The Kier molecular flexibility index (Phi) is 3.25. The van der Waals surface area contributed by atoms with Gasteiger partial charge in [-0.05, 0) is 44.2 Å². The average Bonchev–Trinajstić information content (AvgIpc) is 2.46. The maximum atomic E-state index is 12.6. The maximum Gasteiger partial charge on any atom is 0.206 e. The molecule has 5 heteroatoms. The highest BCUT2D eigenvalue weighted by Crippen LogP contribution is 2.36. The summed E-state index contributed by atoms with van der Waals surface area (Å²) in [7, 11) is -3.62. The fourth-order valence-corrected chi connectivity index (χ4v) is 3.73. The molecule has 4 nitrogen and oxygen atoms in total. The first-order chi connectivity index (χ1) is 10.3. The zero-order valence-corrected chi connectivity index (χ0v) is 13.1. The molecule has 0 radical (unpaired) electrons. The number of benzene rings is 2. The van der Waals surface area contributed by atoms with Gasteiger partial charge in [0.05, 0.1) is 15.4 Å². The Labute approximate surface area is 129 Å². The van der Waals surface area contributed by atoms with Crippen molar-refractivity contribution in [3.8, 4) is 5.75 Å². The summed E-state index contributed by atoms with van der Waals surface area (Å²) in [5.41, 5.74) is -0.243. The van der Waals surface area contributed by atoms with E-state index >= 15 is 0 Å². The third-order valence-electron chi connectivity index (χ3n) is 3.45. The number of aliphatic hydroxyl groups excluding tert-OH is 1. The molecule has 1 heterocycles. The van der Waals surface area contributed by atoms with Gasteiger partial charge in [0.2, 0.25) is 9.84 Å². The lowest BCUT2D eigenvalue weighted by Gasteiger charge is -2.29. The van der Waals surface area contributed by atoms with Crippen LogP contribution in [0.1, 0.15) is 19.4 Å². The first-order valence-corrected chi connectivity index (χ1v) is 8.33. The van der Waals surface area contributed by atoms with Crippen molar-refractivity contribution in [1.29, 1.82) is 0 Å². The molecular formula is C17H16O4S. The molecule has 0 spiro atoms. The van der Waals surface area contributed by atoms with E-state index in [0.29, 0.717) is 11.3 Å². The van der Waals surface area contributed by atoms with E-state index in [2.05, 4.69) is 0 Å². The molecule has 114 valence electrons. The van der Waals surface area contributed by atoms with Crippen LogP contribution < -0.4 is 4.74 Å². The van der Waals surface area contributed by atoms with Crippen LogP contribution in [0.2, 0.25) is 0 Å². The molecule has 0 amide bonds. The smallest absolute Gasteiger partial charge is 0.206 e. The molecular weight excluding hydrogens is 300 g/mol. The monoisotopic (exact) mass is 316 g/mol. The minimum absolute atomic E-state index is 0.0244. The van der Waals surface area contributed by atoms with Crippen LogP contribution in [0.3, 0.4) is 0 Å². The van der Waals surface area contributed by atoms with E-state index in [1.54, 1.807) is 42.5 Å². The van der Waals surface area contributed by atoms with E-state index in [4.69, 9.17) is 4.74 Å². The average molecular weight is 316 g/mol. The minimum Gasteiger partial charge on any atom is -0.507 e. The highest BCUT2D eigenvalue weighted by atomic mass is 32.2. The van der Waals surface area contributed by atoms with Crippen molar-refractivity contribution in [2.75, 3.05) is 0 Å². The van der Waals surface area contributed by atoms with Gasteiger partial charge in [-0.1, -0.05) is 18.2 Å². The second kappa shape index (κ2) is 4.88. The molecule has 1 aliphatic rings. The fraction of sp³-hybridized carbons (Fsp3) is 0.176. The highest BCUT2D eigenvalue weighted by molar-refractivity contribution is 7.91. The van der Waals surface area contributed by atoms with Crippen LogP contribution in [-0.4, -0.2) is 19.1 Å². The van der Waals surface area contributed by atoms with E-state index in [-0.39, 0.29) is 15.6 Å². The summed E-state index contributed by atoms with van der Waals surface area (Å²) >= 11 is 0. The van der Waals surface area contributed by atoms with Crippen molar-refractivity contribution in [3.63, 3.8) is 0 Å². The minimum atomic E-state index is -3.62. The molecule has 1 aliphatic heterocycles. The predicted molar refractivity (Wildman–Crippen MR) is 83.6 cm³/mol. The van der Waals surface area contributed by atoms with Crippen LogP contribution in [0.15, 0.2) is 64.4 Å². The Morgan fingerprint density at radius 3 is 2.36 bits per heavy atom. The van der Waals surface area contributed by atoms with E-state index in [9.17, 15) is 13.5 Å². The predicted octanol–water partition coefficient (Wildman–Crippen LogP) is 3.59. The Balaban J connectivity index is 2.11.